The second kappa shape index (κ2) is 17.0. The Morgan fingerprint density at radius 3 is 0.750 bits per heavy atom. The van der Waals surface area contributed by atoms with Crippen molar-refractivity contribution in [3.05, 3.63) is 0 Å². The summed E-state index contributed by atoms with van der Waals surface area (Å²) in [4.78, 5) is 0. The zero-order chi connectivity index (χ0) is 0. The molecule has 1 radical (unpaired) electrons. The van der Waals surface area contributed by atoms with Gasteiger partial charge in [0.15, 0.2) is 0 Å². The fourth-order valence-electron chi connectivity index (χ4n) is 0. The van der Waals surface area contributed by atoms with Gasteiger partial charge in [-0.3, -0.25) is 0 Å². The van der Waals surface area contributed by atoms with Crippen molar-refractivity contribution in [2.24, 2.45) is 0 Å². The van der Waals surface area contributed by atoms with Gasteiger partial charge in [-0.25, -0.2) is 0 Å². The van der Waals surface area contributed by atoms with Gasteiger partial charge in [-0.1, -0.05) is 0 Å². The van der Waals surface area contributed by atoms with Gasteiger partial charge in [0, 0.05) is 86.2 Å². The van der Waals surface area contributed by atoms with Gasteiger partial charge in [0.05, 0.1) is 0 Å². The SMILES string of the molecule is [Au].[Ti].[W].[W]. The Bertz CT molecular complexity index is 6.00. The van der Waals surface area contributed by atoms with Crippen LogP contribution in [-0.2, 0) is 86.2 Å². The first-order valence-electron chi connectivity index (χ1n) is 0. The van der Waals surface area contributed by atoms with Gasteiger partial charge in [0.2, 0.25) is 0 Å². The van der Waals surface area contributed by atoms with Crippen molar-refractivity contribution in [2.45, 2.75) is 0 Å². The summed E-state index contributed by atoms with van der Waals surface area (Å²) in [5.41, 5.74) is 0. The van der Waals surface area contributed by atoms with E-state index in [1.807, 2.05) is 0 Å². The molecule has 0 aliphatic rings. The van der Waals surface area contributed by atoms with E-state index in [9.17, 15) is 0 Å². The summed E-state index contributed by atoms with van der Waals surface area (Å²) in [5.74, 6) is 0. The van der Waals surface area contributed by atoms with E-state index in [0.29, 0.717) is 0 Å². The minimum atomic E-state index is 0. The van der Waals surface area contributed by atoms with E-state index in [4.69, 9.17) is 0 Å². The molecule has 0 saturated carbocycles. The maximum Gasteiger partial charge on any atom is 0 e. The third kappa shape index (κ3) is 8.85. The van der Waals surface area contributed by atoms with Gasteiger partial charge in [-0.2, -0.15) is 0 Å². The molecule has 0 heterocycles. The van der Waals surface area contributed by atoms with Crippen LogP contribution in [0.1, 0.15) is 0 Å². The third-order valence-corrected chi connectivity index (χ3v) is 0. The van der Waals surface area contributed by atoms with Crippen LogP contribution in [0.3, 0.4) is 0 Å². The van der Waals surface area contributed by atoms with Gasteiger partial charge in [-0.05, 0) is 0 Å². The van der Waals surface area contributed by atoms with Crippen LogP contribution in [0.15, 0.2) is 0 Å². The van der Waals surface area contributed by atoms with Crippen LogP contribution < -0.4 is 0 Å². The normalized spacial score (nSPS) is 0. The van der Waals surface area contributed by atoms with Crippen molar-refractivity contribution in [2.75, 3.05) is 0 Å². The smallest absolute Gasteiger partial charge is 0 e. The standard InChI is InChI=1S/Au.Ti.2W. The molecule has 0 nitrogen and oxygen atoms in total. The van der Waals surface area contributed by atoms with E-state index >= 15 is 0 Å². The van der Waals surface area contributed by atoms with Crippen LogP contribution >= 0.6 is 0 Å². The molecule has 0 fully saturated rings. The number of hydrogen-bond donors (Lipinski definition) is 0. The Hall–Kier alpha value is 2.83. The predicted molar refractivity (Wildman–Crippen MR) is 0 cm³/mol. The van der Waals surface area contributed by atoms with Crippen LogP contribution in [0.5, 0.6) is 0 Å². The topological polar surface area (TPSA) is 0 Å². The van der Waals surface area contributed by atoms with Crippen molar-refractivity contribution in [3.63, 3.8) is 0 Å². The van der Waals surface area contributed by atoms with Gasteiger partial charge < -0.3 is 0 Å². The first-order valence-corrected chi connectivity index (χ1v) is 0. The van der Waals surface area contributed by atoms with Crippen LogP contribution in [0, 0.1) is 0 Å². The van der Waals surface area contributed by atoms with Gasteiger partial charge in [-0.15, -0.1) is 0 Å². The van der Waals surface area contributed by atoms with Crippen molar-refractivity contribution >= 4 is 0 Å². The third-order valence-electron chi connectivity index (χ3n) is 0. The molecule has 0 spiro atoms. The molecule has 0 aromatic carbocycles. The predicted octanol–water partition coefficient (Wildman–Crippen LogP) is -0.0100. The van der Waals surface area contributed by atoms with Crippen LogP contribution in [-0.4, -0.2) is 0 Å². The molecule has 0 unspecified atom stereocenters. The van der Waals surface area contributed by atoms with Crippen molar-refractivity contribution in [3.8, 4) is 0 Å². The molecule has 0 rings (SSSR count). The van der Waals surface area contributed by atoms with E-state index in [0.717, 1.165) is 0 Å². The summed E-state index contributed by atoms with van der Waals surface area (Å²) >= 11 is 0. The molecule has 0 aromatic rings. The molecule has 0 amide bonds. The second-order valence-corrected chi connectivity index (χ2v) is 0. The summed E-state index contributed by atoms with van der Waals surface area (Å²) in [6, 6.07) is 0. The Balaban J connectivity index is 0. The minimum absolute atomic E-state index is 0. The number of rotatable bonds is 0. The van der Waals surface area contributed by atoms with Crippen LogP contribution in [0.4, 0.5) is 0 Å². The van der Waals surface area contributed by atoms with E-state index in [1.54, 1.807) is 0 Å². The van der Waals surface area contributed by atoms with Gasteiger partial charge >= 0.3 is 0 Å². The summed E-state index contributed by atoms with van der Waals surface area (Å²) in [6.07, 6.45) is 0. The van der Waals surface area contributed by atoms with Crippen molar-refractivity contribution < 1.29 is 86.2 Å². The maximum absolute atomic E-state index is 0. The molecule has 0 saturated heterocycles. The molecule has 4 heavy (non-hydrogen) atoms. The van der Waals surface area contributed by atoms with Crippen molar-refractivity contribution in [1.82, 2.24) is 0 Å². The molecule has 4 heteroatoms. The molecule has 0 N–H and O–H groups in total. The molecular weight excluding hydrogens is 613 g/mol. The van der Waals surface area contributed by atoms with Gasteiger partial charge in [0.25, 0.3) is 0 Å². The summed E-state index contributed by atoms with van der Waals surface area (Å²) in [6.45, 7) is 0. The summed E-state index contributed by atoms with van der Waals surface area (Å²) in [5, 5.41) is 0. The largest absolute Gasteiger partial charge is 0 e. The average Bonchev–Trinajstić information content (AvgIpc) is 0. The zero-order valence-corrected chi connectivity index (χ0v) is 11.2. The summed E-state index contributed by atoms with van der Waals surface area (Å²) in [7, 11) is 0. The molecule has 0 aliphatic heterocycles. The minimum Gasteiger partial charge on any atom is 0 e. The van der Waals surface area contributed by atoms with E-state index in [1.165, 1.54) is 0 Å². The monoisotopic (exact) mass is 613 g/mol. The Morgan fingerprint density at radius 1 is 0.750 bits per heavy atom. The first-order chi connectivity index (χ1) is 0. The zero-order valence-electron chi connectivity index (χ0n) is 1.62. The van der Waals surface area contributed by atoms with Crippen molar-refractivity contribution in [1.29, 1.82) is 0 Å². The maximum atomic E-state index is 0. The second-order valence-electron chi connectivity index (χ2n) is 0. The molecule has 0 atom stereocenters. The van der Waals surface area contributed by atoms with Gasteiger partial charge in [0.1, 0.15) is 0 Å². The molecule has 0 bridgehead atoms. The van der Waals surface area contributed by atoms with E-state index < -0.39 is 0 Å². The Morgan fingerprint density at radius 2 is 0.750 bits per heavy atom. The summed E-state index contributed by atoms with van der Waals surface area (Å²) < 4.78 is 0. The molecule has 0 aromatic heterocycles. The molecule has 27 valence electrons. The number of hydrogen-bond acceptors (Lipinski definition) is 0. The van der Waals surface area contributed by atoms with Crippen LogP contribution in [0.2, 0.25) is 0 Å². The quantitative estimate of drug-likeness (QED) is 0.338. The first kappa shape index (κ1) is 29.0. The fraction of sp³-hybridized carbons (Fsp3) is 0. The Labute approximate surface area is 84.8 Å². The molecular formula is AuTiW2. The molecule has 0 aliphatic carbocycles. The van der Waals surface area contributed by atoms with E-state index in [2.05, 4.69) is 0 Å². The van der Waals surface area contributed by atoms with E-state index in [-0.39, 0.29) is 86.2 Å². The Kier molecular flexibility index (Phi) is 123. The van der Waals surface area contributed by atoms with Crippen LogP contribution in [0.25, 0.3) is 0 Å². The average molecular weight is 613 g/mol. The fourth-order valence-corrected chi connectivity index (χ4v) is 0.